The van der Waals surface area contributed by atoms with Crippen LogP contribution in [0.3, 0.4) is 0 Å². The number of nitrogens with one attached hydrogen (secondary N) is 1. The fourth-order valence-corrected chi connectivity index (χ4v) is 5.29. The van der Waals surface area contributed by atoms with E-state index in [1.165, 1.54) is 25.7 Å². The fourth-order valence-electron chi connectivity index (χ4n) is 3.54. The maximum absolute atomic E-state index is 12.6. The van der Waals surface area contributed by atoms with E-state index < -0.39 is 5.54 Å². The number of hydrogen-bond acceptors (Lipinski definition) is 4. The Bertz CT molecular complexity index is 346. The molecule has 2 saturated carbocycles. The van der Waals surface area contributed by atoms with E-state index in [0.717, 1.165) is 36.3 Å². The van der Waals surface area contributed by atoms with Crippen molar-refractivity contribution >= 4 is 17.7 Å². The van der Waals surface area contributed by atoms with Crippen LogP contribution in [0.15, 0.2) is 0 Å². The summed E-state index contributed by atoms with van der Waals surface area (Å²) in [6, 6.07) is 0. The van der Waals surface area contributed by atoms with Crippen LogP contribution in [0.1, 0.15) is 59.3 Å². The predicted octanol–water partition coefficient (Wildman–Crippen LogP) is 3.62. The largest absolute Gasteiger partial charge is 0.465 e. The Balaban J connectivity index is 1.99. The molecule has 1 N–H and O–H groups in total. The number of carbonyl (C=O) groups excluding carboxylic acids is 1. The van der Waals surface area contributed by atoms with Crippen molar-refractivity contribution in [3.8, 4) is 0 Å². The van der Waals surface area contributed by atoms with Gasteiger partial charge in [-0.15, -0.1) is 0 Å². The minimum Gasteiger partial charge on any atom is -0.465 e. The van der Waals surface area contributed by atoms with Gasteiger partial charge in [-0.1, -0.05) is 26.7 Å². The third-order valence-electron chi connectivity index (χ3n) is 4.84. The summed E-state index contributed by atoms with van der Waals surface area (Å²) >= 11 is 2.01. The van der Waals surface area contributed by atoms with Crippen LogP contribution >= 0.6 is 11.8 Å². The molecule has 0 bridgehead atoms. The van der Waals surface area contributed by atoms with Gasteiger partial charge >= 0.3 is 5.97 Å². The molecular formula is C17H31NO2S. The van der Waals surface area contributed by atoms with E-state index >= 15 is 0 Å². The number of ether oxygens (including phenoxy) is 1. The number of likely N-dealkylation sites (N-methyl/N-ethyl adjacent to an activating group) is 1. The molecule has 122 valence electrons. The van der Waals surface area contributed by atoms with Gasteiger partial charge in [-0.2, -0.15) is 11.8 Å². The lowest BCUT2D eigenvalue weighted by Crippen LogP contribution is -2.57. The van der Waals surface area contributed by atoms with Crippen LogP contribution in [0.4, 0.5) is 0 Å². The molecule has 21 heavy (non-hydrogen) atoms. The van der Waals surface area contributed by atoms with Crippen molar-refractivity contribution in [3.05, 3.63) is 0 Å². The molecule has 4 heteroatoms. The second kappa shape index (κ2) is 7.87. The molecular weight excluding hydrogens is 282 g/mol. The summed E-state index contributed by atoms with van der Waals surface area (Å²) in [5.41, 5.74) is -0.434. The molecule has 2 fully saturated rings. The highest BCUT2D eigenvalue weighted by molar-refractivity contribution is 8.00. The monoisotopic (exact) mass is 313 g/mol. The van der Waals surface area contributed by atoms with E-state index in [-0.39, 0.29) is 5.97 Å². The van der Waals surface area contributed by atoms with Crippen LogP contribution in [0, 0.1) is 11.8 Å². The summed E-state index contributed by atoms with van der Waals surface area (Å²) < 4.78 is 5.41. The van der Waals surface area contributed by atoms with Crippen molar-refractivity contribution in [2.75, 3.05) is 18.9 Å². The summed E-state index contributed by atoms with van der Waals surface area (Å²) in [6.07, 6.45) is 7.65. The predicted molar refractivity (Wildman–Crippen MR) is 89.6 cm³/mol. The van der Waals surface area contributed by atoms with Gasteiger partial charge in [0.25, 0.3) is 0 Å². The lowest BCUT2D eigenvalue weighted by molar-refractivity contribution is -0.151. The first-order valence-electron chi connectivity index (χ1n) is 8.66. The molecule has 0 aromatic carbocycles. The maximum Gasteiger partial charge on any atom is 0.327 e. The number of esters is 1. The minimum absolute atomic E-state index is 0.0225. The van der Waals surface area contributed by atoms with Gasteiger partial charge in [0.15, 0.2) is 0 Å². The fraction of sp³-hybridized carbons (Fsp3) is 0.941. The molecule has 0 heterocycles. The molecule has 0 aliphatic heterocycles. The molecule has 2 rings (SSSR count). The van der Waals surface area contributed by atoms with Gasteiger partial charge in [-0.25, -0.2) is 0 Å². The number of rotatable bonds is 8. The molecule has 0 spiro atoms. The first kappa shape index (κ1) is 17.1. The maximum atomic E-state index is 12.6. The highest BCUT2D eigenvalue weighted by atomic mass is 32.2. The lowest BCUT2D eigenvalue weighted by atomic mass is 9.90. The smallest absolute Gasteiger partial charge is 0.327 e. The zero-order chi connectivity index (χ0) is 15.3. The number of carbonyl (C=O) groups is 1. The summed E-state index contributed by atoms with van der Waals surface area (Å²) in [4.78, 5) is 12.6. The average Bonchev–Trinajstić information content (AvgIpc) is 3.29. The van der Waals surface area contributed by atoms with E-state index in [2.05, 4.69) is 19.2 Å². The van der Waals surface area contributed by atoms with E-state index in [0.29, 0.717) is 12.5 Å². The van der Waals surface area contributed by atoms with E-state index in [1.54, 1.807) is 0 Å². The van der Waals surface area contributed by atoms with E-state index in [4.69, 9.17) is 4.74 Å². The third kappa shape index (κ3) is 4.38. The van der Waals surface area contributed by atoms with E-state index in [1.807, 2.05) is 18.7 Å². The number of hydrogen-bond donors (Lipinski definition) is 1. The molecule has 3 atom stereocenters. The van der Waals surface area contributed by atoms with Gasteiger partial charge in [-0.05, 0) is 51.0 Å². The topological polar surface area (TPSA) is 38.3 Å². The van der Waals surface area contributed by atoms with Crippen molar-refractivity contribution in [2.45, 2.75) is 70.1 Å². The van der Waals surface area contributed by atoms with Crippen LogP contribution in [0.2, 0.25) is 0 Å². The summed E-state index contributed by atoms with van der Waals surface area (Å²) in [7, 11) is 0. The Hall–Kier alpha value is -0.220. The molecule has 3 nitrogen and oxygen atoms in total. The van der Waals surface area contributed by atoms with Gasteiger partial charge < -0.3 is 10.1 Å². The molecule has 3 unspecified atom stereocenters. The summed E-state index contributed by atoms with van der Waals surface area (Å²) in [5.74, 6) is 2.17. The van der Waals surface area contributed by atoms with Gasteiger partial charge in [0, 0.05) is 11.0 Å². The molecule has 2 aliphatic carbocycles. The van der Waals surface area contributed by atoms with Crippen LogP contribution in [0.25, 0.3) is 0 Å². The molecule has 0 saturated heterocycles. The quantitative estimate of drug-likeness (QED) is 0.695. The summed E-state index contributed by atoms with van der Waals surface area (Å²) in [6.45, 7) is 7.65. The van der Waals surface area contributed by atoms with Crippen LogP contribution in [-0.2, 0) is 9.53 Å². The molecule has 2 aliphatic rings. The minimum atomic E-state index is -0.434. The zero-order valence-corrected chi connectivity index (χ0v) is 14.6. The summed E-state index contributed by atoms with van der Waals surface area (Å²) in [5, 5.41) is 4.22. The highest BCUT2D eigenvalue weighted by Gasteiger charge is 2.51. The van der Waals surface area contributed by atoms with Crippen molar-refractivity contribution < 1.29 is 9.53 Å². The molecule has 0 radical (unpaired) electrons. The van der Waals surface area contributed by atoms with Crippen LogP contribution < -0.4 is 5.32 Å². The number of thioether (sulfide) groups is 1. The SMILES string of the molecule is CCNC(CSC1CCCC(C)C1)(C(=O)OCC)C1CC1. The second-order valence-electron chi connectivity index (χ2n) is 6.70. The van der Waals surface area contributed by atoms with Crippen molar-refractivity contribution in [1.29, 1.82) is 0 Å². The Morgan fingerprint density at radius 2 is 2.05 bits per heavy atom. The third-order valence-corrected chi connectivity index (χ3v) is 6.36. The highest BCUT2D eigenvalue weighted by Crippen LogP contribution is 2.44. The van der Waals surface area contributed by atoms with Crippen molar-refractivity contribution in [2.24, 2.45) is 11.8 Å². The van der Waals surface area contributed by atoms with Crippen molar-refractivity contribution in [1.82, 2.24) is 5.32 Å². The van der Waals surface area contributed by atoms with Crippen molar-refractivity contribution in [3.63, 3.8) is 0 Å². The lowest BCUT2D eigenvalue weighted by Gasteiger charge is -2.35. The Kier molecular flexibility index (Phi) is 6.42. The normalized spacial score (nSPS) is 28.9. The second-order valence-corrected chi connectivity index (χ2v) is 7.99. The Labute approximate surface area is 134 Å². The molecule has 0 amide bonds. The van der Waals surface area contributed by atoms with E-state index in [9.17, 15) is 4.79 Å². The van der Waals surface area contributed by atoms with Gasteiger partial charge in [-0.3, -0.25) is 4.79 Å². The van der Waals surface area contributed by atoms with Gasteiger partial charge in [0.1, 0.15) is 5.54 Å². The van der Waals surface area contributed by atoms with Crippen LogP contribution in [0.5, 0.6) is 0 Å². The first-order chi connectivity index (χ1) is 10.1. The average molecular weight is 314 g/mol. The molecule has 0 aromatic rings. The van der Waals surface area contributed by atoms with Crippen LogP contribution in [-0.4, -0.2) is 35.7 Å². The van der Waals surface area contributed by atoms with Gasteiger partial charge in [0.05, 0.1) is 6.61 Å². The standard InChI is InChI=1S/C17H31NO2S/c1-4-18-17(14-9-10-14,16(19)20-5-2)12-21-15-8-6-7-13(3)11-15/h13-15,18H,4-12H2,1-3H3. The Morgan fingerprint density at radius 3 is 2.62 bits per heavy atom. The first-order valence-corrected chi connectivity index (χ1v) is 9.71. The zero-order valence-electron chi connectivity index (χ0n) is 13.8. The van der Waals surface area contributed by atoms with Gasteiger partial charge in [0.2, 0.25) is 0 Å². The molecule has 0 aromatic heterocycles. The Morgan fingerprint density at radius 1 is 1.29 bits per heavy atom.